The molecule has 0 bridgehead atoms. The Hall–Kier alpha value is -3.14. The van der Waals surface area contributed by atoms with Gasteiger partial charge in [-0.3, -0.25) is 4.68 Å². The van der Waals surface area contributed by atoms with Gasteiger partial charge >= 0.3 is 0 Å². The Morgan fingerprint density at radius 1 is 1.11 bits per heavy atom. The first-order valence-corrected chi connectivity index (χ1v) is 13.4. The van der Waals surface area contributed by atoms with E-state index in [9.17, 15) is 13.9 Å². The third kappa shape index (κ3) is 4.98. The second-order valence-electron chi connectivity index (χ2n) is 10.3. The number of hydrogen-bond acceptors (Lipinski definition) is 6. The first-order chi connectivity index (χ1) is 18.4. The van der Waals surface area contributed by atoms with Gasteiger partial charge in [0.25, 0.3) is 0 Å². The van der Waals surface area contributed by atoms with Gasteiger partial charge in [-0.15, -0.1) is 0 Å². The number of fused-ring (bicyclic) bond motifs is 1. The Kier molecular flexibility index (Phi) is 6.75. The molecule has 0 radical (unpaired) electrons. The number of aromatic nitrogens is 4. The zero-order valence-electron chi connectivity index (χ0n) is 21.0. The Morgan fingerprint density at radius 2 is 1.84 bits per heavy atom. The number of likely N-dealkylation sites (tertiary alicyclic amines) is 1. The lowest BCUT2D eigenvalue weighted by atomic mass is 9.88. The van der Waals surface area contributed by atoms with Crippen molar-refractivity contribution in [2.24, 2.45) is 0 Å². The summed E-state index contributed by atoms with van der Waals surface area (Å²) in [6.45, 7) is 3.60. The summed E-state index contributed by atoms with van der Waals surface area (Å²) in [7, 11) is 0. The second kappa shape index (κ2) is 10.2. The highest BCUT2D eigenvalue weighted by atomic mass is 35.5. The van der Waals surface area contributed by atoms with E-state index in [0.29, 0.717) is 30.1 Å². The quantitative estimate of drug-likeness (QED) is 0.298. The second-order valence-corrected chi connectivity index (χ2v) is 10.7. The van der Waals surface area contributed by atoms with Crippen LogP contribution in [-0.2, 0) is 0 Å². The van der Waals surface area contributed by atoms with Gasteiger partial charge in [-0.05, 0) is 81.4 Å². The monoisotopic (exact) mass is 538 g/mol. The summed E-state index contributed by atoms with van der Waals surface area (Å²) in [5.74, 6) is -0.722. The molecule has 6 rings (SSSR count). The number of nitrogens with zero attached hydrogens (tertiary/aromatic N) is 5. The minimum absolute atomic E-state index is 0.176. The molecule has 3 heterocycles. The summed E-state index contributed by atoms with van der Waals surface area (Å²) in [4.78, 5) is 11.3. The molecule has 0 spiro atoms. The maximum atomic E-state index is 14.1. The van der Waals surface area contributed by atoms with Gasteiger partial charge in [0.05, 0.1) is 40.8 Å². The zero-order chi connectivity index (χ0) is 26.4. The van der Waals surface area contributed by atoms with Gasteiger partial charge in [0.2, 0.25) is 5.95 Å². The highest BCUT2D eigenvalue weighted by Gasteiger charge is 2.28. The van der Waals surface area contributed by atoms with E-state index in [1.807, 2.05) is 30.2 Å². The van der Waals surface area contributed by atoms with Crippen molar-refractivity contribution in [3.8, 4) is 0 Å². The topological polar surface area (TPSA) is 79.1 Å². The fourth-order valence-electron chi connectivity index (χ4n) is 5.39. The number of nitrogens with one attached hydrogen (secondary N) is 1. The molecule has 2 aromatic heterocycles. The lowest BCUT2D eigenvalue weighted by molar-refractivity contribution is 0.0920. The number of piperidine rings is 1. The van der Waals surface area contributed by atoms with Gasteiger partial charge < -0.3 is 15.3 Å². The van der Waals surface area contributed by atoms with Crippen LogP contribution in [0, 0.1) is 18.6 Å². The maximum Gasteiger partial charge on any atom is 0.227 e. The highest BCUT2D eigenvalue weighted by molar-refractivity contribution is 6.32. The van der Waals surface area contributed by atoms with Crippen molar-refractivity contribution in [1.29, 1.82) is 0 Å². The van der Waals surface area contributed by atoms with Gasteiger partial charge in [-0.1, -0.05) is 17.7 Å². The van der Waals surface area contributed by atoms with Crippen LogP contribution in [0.25, 0.3) is 10.9 Å². The smallest absolute Gasteiger partial charge is 0.227 e. The van der Waals surface area contributed by atoms with Crippen molar-refractivity contribution in [2.45, 2.75) is 50.7 Å². The van der Waals surface area contributed by atoms with E-state index in [1.165, 1.54) is 31.0 Å². The van der Waals surface area contributed by atoms with Crippen molar-refractivity contribution in [3.05, 3.63) is 76.2 Å². The number of hydrogen-bond donors (Lipinski definition) is 2. The van der Waals surface area contributed by atoms with Crippen LogP contribution in [0.2, 0.25) is 5.02 Å². The molecule has 2 N–H and O–H groups in total. The fourth-order valence-corrected chi connectivity index (χ4v) is 5.71. The van der Waals surface area contributed by atoms with Crippen LogP contribution in [-0.4, -0.2) is 49.4 Å². The van der Waals surface area contributed by atoms with Crippen molar-refractivity contribution < 1.29 is 13.9 Å². The molecule has 1 saturated carbocycles. The molecule has 1 saturated heterocycles. The summed E-state index contributed by atoms with van der Waals surface area (Å²) in [6.07, 6.45) is 6.33. The van der Waals surface area contributed by atoms with Gasteiger partial charge in [0, 0.05) is 23.2 Å². The Labute approximate surface area is 224 Å². The molecular weight excluding hydrogens is 510 g/mol. The summed E-state index contributed by atoms with van der Waals surface area (Å²) in [5.41, 5.74) is 3.54. The first kappa shape index (κ1) is 25.2. The molecule has 1 aliphatic carbocycles. The number of aliphatic hydroxyl groups excluding tert-OH is 1. The predicted octanol–water partition coefficient (Wildman–Crippen LogP) is 6.06. The molecule has 0 unspecified atom stereocenters. The van der Waals surface area contributed by atoms with E-state index < -0.39 is 17.7 Å². The van der Waals surface area contributed by atoms with E-state index in [4.69, 9.17) is 16.6 Å². The van der Waals surface area contributed by atoms with E-state index in [2.05, 4.69) is 20.1 Å². The number of β-amino-alcohol motifs (C(OH)–C–C–N with tert-alkyl or cyclic N) is 1. The van der Waals surface area contributed by atoms with Crippen LogP contribution in [0.1, 0.15) is 60.6 Å². The standard InChI is InChI=1S/C28H29ClF2N6O/c1-16-25(14-33-37(16)19-5-6-19)35-28-32-13-18-11-21(29)20(12-24(18)34-28)17-7-9-36(10-8-17)15-26(38)27-22(30)3-2-4-23(27)31/h2-4,11-14,17,19,26,38H,5-10,15H2,1H3,(H,32,34,35)/t26-/m1/s1. The molecular formula is C28H29ClF2N6O. The number of aliphatic hydroxyl groups is 1. The highest BCUT2D eigenvalue weighted by Crippen LogP contribution is 2.38. The van der Waals surface area contributed by atoms with E-state index in [1.54, 1.807) is 6.20 Å². The molecule has 10 heteroatoms. The molecule has 2 aliphatic rings. The average molecular weight is 539 g/mol. The lowest BCUT2D eigenvalue weighted by Crippen LogP contribution is -2.36. The number of rotatable bonds is 7. The van der Waals surface area contributed by atoms with Crippen LogP contribution >= 0.6 is 11.6 Å². The fraction of sp³-hybridized carbons (Fsp3) is 0.393. The number of halogens is 3. The Balaban J connectivity index is 1.14. The minimum atomic E-state index is -1.22. The van der Waals surface area contributed by atoms with E-state index >= 15 is 0 Å². The van der Waals surface area contributed by atoms with Crippen LogP contribution in [0.3, 0.4) is 0 Å². The largest absolute Gasteiger partial charge is 0.387 e. The lowest BCUT2D eigenvalue weighted by Gasteiger charge is -2.33. The van der Waals surface area contributed by atoms with Crippen molar-refractivity contribution in [3.63, 3.8) is 0 Å². The summed E-state index contributed by atoms with van der Waals surface area (Å²) >= 11 is 6.68. The first-order valence-electron chi connectivity index (χ1n) is 13.0. The van der Waals surface area contributed by atoms with Gasteiger partial charge in [-0.2, -0.15) is 5.10 Å². The summed E-state index contributed by atoms with van der Waals surface area (Å²) in [6, 6.07) is 8.08. The third-order valence-corrected chi connectivity index (χ3v) is 8.00. The molecule has 2 aromatic carbocycles. The predicted molar refractivity (Wildman–Crippen MR) is 143 cm³/mol. The maximum absolute atomic E-state index is 14.1. The van der Waals surface area contributed by atoms with Crippen molar-refractivity contribution >= 4 is 34.1 Å². The SMILES string of the molecule is Cc1c(Nc2ncc3cc(Cl)c(C4CCN(C[C@@H](O)c5c(F)cccc5F)CC4)cc3n2)cnn1C1CC1. The minimum Gasteiger partial charge on any atom is -0.387 e. The summed E-state index contributed by atoms with van der Waals surface area (Å²) < 4.78 is 30.2. The molecule has 38 heavy (non-hydrogen) atoms. The molecule has 7 nitrogen and oxygen atoms in total. The molecule has 4 aromatic rings. The summed E-state index contributed by atoms with van der Waals surface area (Å²) in [5, 5.41) is 19.8. The molecule has 1 atom stereocenters. The Morgan fingerprint density at radius 3 is 2.55 bits per heavy atom. The third-order valence-electron chi connectivity index (χ3n) is 7.67. The van der Waals surface area contributed by atoms with Crippen molar-refractivity contribution in [1.82, 2.24) is 24.6 Å². The number of anilines is 2. The van der Waals surface area contributed by atoms with Crippen LogP contribution in [0.4, 0.5) is 20.4 Å². The van der Waals surface area contributed by atoms with Crippen LogP contribution in [0.5, 0.6) is 0 Å². The average Bonchev–Trinajstić information content (AvgIpc) is 3.67. The Bertz CT molecular complexity index is 1460. The van der Waals surface area contributed by atoms with Gasteiger partial charge in [-0.25, -0.2) is 18.7 Å². The molecule has 2 fully saturated rings. The van der Waals surface area contributed by atoms with Crippen LogP contribution in [0.15, 0.2) is 42.7 Å². The van der Waals surface area contributed by atoms with E-state index in [0.717, 1.165) is 40.7 Å². The van der Waals surface area contributed by atoms with Crippen molar-refractivity contribution in [2.75, 3.05) is 25.0 Å². The molecule has 1 aliphatic heterocycles. The molecule has 198 valence electrons. The normalized spacial score (nSPS) is 17.7. The number of benzene rings is 2. The van der Waals surface area contributed by atoms with Gasteiger partial charge in [0.15, 0.2) is 0 Å². The molecule has 0 amide bonds. The van der Waals surface area contributed by atoms with Gasteiger partial charge in [0.1, 0.15) is 11.6 Å². The van der Waals surface area contributed by atoms with Crippen LogP contribution < -0.4 is 5.32 Å². The van der Waals surface area contributed by atoms with E-state index in [-0.39, 0.29) is 18.0 Å². The zero-order valence-corrected chi connectivity index (χ0v) is 21.8.